The van der Waals surface area contributed by atoms with Gasteiger partial charge in [0.05, 0.1) is 11.3 Å². The number of aromatic nitrogens is 1. The number of primary sulfonamides is 1. The summed E-state index contributed by atoms with van der Waals surface area (Å²) in [6.07, 6.45) is -1.75. The first-order valence-electron chi connectivity index (χ1n) is 8.95. The lowest BCUT2D eigenvalue weighted by Crippen LogP contribution is -2.39. The quantitative estimate of drug-likeness (QED) is 0.623. The van der Waals surface area contributed by atoms with Crippen molar-refractivity contribution in [1.29, 1.82) is 0 Å². The largest absolute Gasteiger partial charge is 0.490 e. The van der Waals surface area contributed by atoms with E-state index in [4.69, 9.17) is 20.1 Å². The number of nitrogens with two attached hydrogens (primary N) is 1. The number of hydrogen-bond acceptors (Lipinski definition) is 6. The molecule has 1 unspecified atom stereocenters. The lowest BCUT2D eigenvalue weighted by molar-refractivity contribution is -0.192. The Bertz CT molecular complexity index is 1070. The lowest BCUT2D eigenvalue weighted by atomic mass is 9.99. The van der Waals surface area contributed by atoms with Crippen LogP contribution in [0.5, 0.6) is 0 Å². The third-order valence-corrected chi connectivity index (χ3v) is 5.46. The average molecular weight is 463 g/mol. The van der Waals surface area contributed by atoms with Crippen LogP contribution in [-0.4, -0.2) is 60.6 Å². The summed E-state index contributed by atoms with van der Waals surface area (Å²) < 4.78 is 54.4. The molecule has 1 aromatic heterocycles. The van der Waals surface area contributed by atoms with Crippen LogP contribution in [0.1, 0.15) is 23.2 Å². The Kier molecular flexibility index (Phi) is 7.44. The van der Waals surface area contributed by atoms with E-state index in [1.807, 2.05) is 0 Å². The fourth-order valence-corrected chi connectivity index (χ4v) is 4.20. The van der Waals surface area contributed by atoms with E-state index in [9.17, 15) is 26.4 Å². The number of pyridine rings is 1. The maximum absolute atomic E-state index is 11.3. The Morgan fingerprint density at radius 2 is 1.87 bits per heavy atom. The van der Waals surface area contributed by atoms with Crippen LogP contribution in [0.4, 0.5) is 19.0 Å². The van der Waals surface area contributed by atoms with Gasteiger partial charge in [-0.05, 0) is 48.4 Å². The Morgan fingerprint density at radius 1 is 1.23 bits per heavy atom. The number of carboxylic acid groups (broad SMARTS) is 2. The van der Waals surface area contributed by atoms with Gasteiger partial charge in [-0.15, -0.1) is 0 Å². The number of carbonyl (C=O) groups is 2. The fourth-order valence-electron chi connectivity index (χ4n) is 3.27. The van der Waals surface area contributed by atoms with E-state index in [1.165, 1.54) is 0 Å². The molecule has 0 aliphatic carbocycles. The average Bonchev–Trinajstić information content (AvgIpc) is 2.65. The molecule has 9 nitrogen and oxygen atoms in total. The zero-order valence-corrected chi connectivity index (χ0v) is 16.9. The molecule has 1 aliphatic rings. The number of nitrogens with zero attached hydrogens (tertiary/aromatic N) is 2. The zero-order chi connectivity index (χ0) is 23.4. The molecule has 1 atom stereocenters. The van der Waals surface area contributed by atoms with Crippen LogP contribution in [-0.2, 0) is 14.8 Å². The standard InChI is InChI=1S/C16H19N3O4S.C2HF3O2/c17-24(22,23)10-11-2-1-7-19(9-11)15-14-4-3-13(16(20)21)8-12(14)5-6-18-15;3-2(4,5)1(6)7/h3-6,8,11H,1-2,7,9-10H2,(H,20,21)(H2,17,22,23);(H,6,7). The monoisotopic (exact) mass is 463 g/mol. The number of carboxylic acids is 2. The van der Waals surface area contributed by atoms with Crippen LogP contribution in [0, 0.1) is 5.92 Å². The maximum atomic E-state index is 11.3. The molecule has 1 saturated heterocycles. The highest BCUT2D eigenvalue weighted by Crippen LogP contribution is 2.29. The van der Waals surface area contributed by atoms with Gasteiger partial charge in [-0.25, -0.2) is 28.1 Å². The third kappa shape index (κ3) is 7.07. The molecule has 3 rings (SSSR count). The van der Waals surface area contributed by atoms with Gasteiger partial charge in [0.1, 0.15) is 5.82 Å². The van der Waals surface area contributed by atoms with Gasteiger partial charge in [0, 0.05) is 24.7 Å². The van der Waals surface area contributed by atoms with Crippen molar-refractivity contribution in [3.05, 3.63) is 36.0 Å². The number of rotatable bonds is 4. The molecule has 31 heavy (non-hydrogen) atoms. The molecule has 0 radical (unpaired) electrons. The molecule has 1 aromatic carbocycles. The predicted molar refractivity (Wildman–Crippen MR) is 105 cm³/mol. The second-order valence-electron chi connectivity index (χ2n) is 6.96. The van der Waals surface area contributed by atoms with Crippen molar-refractivity contribution in [2.45, 2.75) is 19.0 Å². The number of benzene rings is 1. The summed E-state index contributed by atoms with van der Waals surface area (Å²) in [5.74, 6) is -3.03. The van der Waals surface area contributed by atoms with Gasteiger partial charge in [-0.1, -0.05) is 0 Å². The van der Waals surface area contributed by atoms with Crippen LogP contribution in [0.25, 0.3) is 10.8 Å². The molecule has 2 aromatic rings. The predicted octanol–water partition coefficient (Wildman–Crippen LogP) is 2.07. The molecule has 0 saturated carbocycles. The Hall–Kier alpha value is -2.93. The van der Waals surface area contributed by atoms with Gasteiger partial charge >= 0.3 is 18.1 Å². The lowest BCUT2D eigenvalue weighted by Gasteiger charge is -2.33. The second-order valence-corrected chi connectivity index (χ2v) is 8.62. The Balaban J connectivity index is 0.000000423. The molecular weight excluding hydrogens is 443 g/mol. The van der Waals surface area contributed by atoms with Crippen LogP contribution in [0.2, 0.25) is 0 Å². The van der Waals surface area contributed by atoms with Crippen molar-refractivity contribution in [3.8, 4) is 0 Å². The van der Waals surface area contributed by atoms with Gasteiger partial charge in [0.15, 0.2) is 0 Å². The minimum atomic E-state index is -5.08. The summed E-state index contributed by atoms with van der Waals surface area (Å²) in [5, 5.41) is 23.1. The van der Waals surface area contributed by atoms with Gasteiger partial charge in [0.2, 0.25) is 10.0 Å². The zero-order valence-electron chi connectivity index (χ0n) is 16.0. The number of fused-ring (bicyclic) bond motifs is 1. The number of alkyl halides is 3. The van der Waals surface area contributed by atoms with E-state index in [-0.39, 0.29) is 17.2 Å². The van der Waals surface area contributed by atoms with Gasteiger partial charge in [-0.2, -0.15) is 13.2 Å². The number of anilines is 1. The highest BCUT2D eigenvalue weighted by Gasteiger charge is 2.38. The SMILES string of the molecule is NS(=O)(=O)CC1CCCN(c2nccc3cc(C(=O)O)ccc23)C1.O=C(O)C(F)(F)F. The maximum Gasteiger partial charge on any atom is 0.490 e. The third-order valence-electron chi connectivity index (χ3n) is 4.52. The molecule has 4 N–H and O–H groups in total. The highest BCUT2D eigenvalue weighted by atomic mass is 32.2. The Morgan fingerprint density at radius 3 is 2.42 bits per heavy atom. The fraction of sp³-hybridized carbons (Fsp3) is 0.389. The van der Waals surface area contributed by atoms with Crippen LogP contribution in [0.15, 0.2) is 30.5 Å². The van der Waals surface area contributed by atoms with E-state index < -0.39 is 28.1 Å². The van der Waals surface area contributed by atoms with Gasteiger partial charge in [-0.3, -0.25) is 0 Å². The van der Waals surface area contributed by atoms with E-state index in [2.05, 4.69) is 9.88 Å². The van der Waals surface area contributed by atoms with Crippen molar-refractivity contribution in [2.24, 2.45) is 11.1 Å². The van der Waals surface area contributed by atoms with E-state index in [1.54, 1.807) is 30.5 Å². The molecule has 170 valence electrons. The van der Waals surface area contributed by atoms with E-state index >= 15 is 0 Å². The summed E-state index contributed by atoms with van der Waals surface area (Å²) in [6.45, 7) is 1.36. The first-order chi connectivity index (χ1) is 14.3. The molecule has 1 aliphatic heterocycles. The number of piperidine rings is 1. The van der Waals surface area contributed by atoms with Crippen LogP contribution in [0.3, 0.4) is 0 Å². The smallest absolute Gasteiger partial charge is 0.478 e. The van der Waals surface area contributed by atoms with Crippen LogP contribution < -0.4 is 10.0 Å². The number of halogens is 3. The Labute approximate surface area is 175 Å². The normalized spacial score (nSPS) is 17.0. The molecule has 13 heteroatoms. The summed E-state index contributed by atoms with van der Waals surface area (Å²) in [7, 11) is -3.50. The minimum Gasteiger partial charge on any atom is -0.478 e. The summed E-state index contributed by atoms with van der Waals surface area (Å²) in [4.78, 5) is 26.5. The highest BCUT2D eigenvalue weighted by molar-refractivity contribution is 7.89. The molecule has 0 spiro atoms. The topological polar surface area (TPSA) is 151 Å². The number of aromatic carboxylic acids is 1. The molecular formula is C18H20F3N3O6S. The number of aliphatic carboxylic acids is 1. The minimum absolute atomic E-state index is 0.0240. The van der Waals surface area contributed by atoms with Gasteiger partial charge in [0.25, 0.3) is 0 Å². The van der Waals surface area contributed by atoms with Crippen molar-refractivity contribution in [1.82, 2.24) is 4.98 Å². The number of sulfonamides is 1. The summed E-state index contributed by atoms with van der Waals surface area (Å²) >= 11 is 0. The number of hydrogen-bond donors (Lipinski definition) is 3. The van der Waals surface area contributed by atoms with Crippen molar-refractivity contribution in [2.75, 3.05) is 23.7 Å². The molecule has 0 bridgehead atoms. The molecule has 1 fully saturated rings. The summed E-state index contributed by atoms with van der Waals surface area (Å²) in [6, 6.07) is 6.71. The molecule has 0 amide bonds. The first kappa shape index (κ1) is 24.3. The summed E-state index contributed by atoms with van der Waals surface area (Å²) in [5.41, 5.74) is 0.227. The van der Waals surface area contributed by atoms with Crippen LogP contribution >= 0.6 is 0 Å². The first-order valence-corrected chi connectivity index (χ1v) is 10.7. The van der Waals surface area contributed by atoms with E-state index in [0.29, 0.717) is 6.54 Å². The van der Waals surface area contributed by atoms with E-state index in [0.717, 1.165) is 36.0 Å². The van der Waals surface area contributed by atoms with Gasteiger partial charge < -0.3 is 15.1 Å². The van der Waals surface area contributed by atoms with Crippen molar-refractivity contribution < 1.29 is 41.4 Å². The van der Waals surface area contributed by atoms with Crippen molar-refractivity contribution >= 4 is 38.6 Å². The molecule has 2 heterocycles. The second kappa shape index (κ2) is 9.47. The van der Waals surface area contributed by atoms with Crippen molar-refractivity contribution in [3.63, 3.8) is 0 Å².